The van der Waals surface area contributed by atoms with Crippen LogP contribution in [0.2, 0.25) is 0 Å². The first-order valence-corrected chi connectivity index (χ1v) is 14.3. The van der Waals surface area contributed by atoms with Gasteiger partial charge in [0.15, 0.2) is 10.8 Å². The molecule has 2 fully saturated rings. The molecule has 2 amide bonds. The van der Waals surface area contributed by atoms with Crippen LogP contribution in [0.4, 0.5) is 5.13 Å². The zero-order valence-corrected chi connectivity index (χ0v) is 22.8. The summed E-state index contributed by atoms with van der Waals surface area (Å²) in [6, 6.07) is -2.95. The second kappa shape index (κ2) is 11.4. The Hall–Kier alpha value is -3.72. The quantitative estimate of drug-likeness (QED) is 0.0444. The summed E-state index contributed by atoms with van der Waals surface area (Å²) in [5.74, 6) is -3.40. The number of aromatic nitrogens is 4. The number of oxime groups is 1. The fourth-order valence-electron chi connectivity index (χ4n) is 3.83. The summed E-state index contributed by atoms with van der Waals surface area (Å²) < 4.78 is 33.7. The minimum absolute atomic E-state index is 0.0503. The van der Waals surface area contributed by atoms with E-state index >= 15 is 0 Å². The maximum absolute atomic E-state index is 13.2. The third-order valence-corrected chi connectivity index (χ3v) is 7.89. The van der Waals surface area contributed by atoms with Gasteiger partial charge in [-0.2, -0.15) is 23.4 Å². The van der Waals surface area contributed by atoms with Gasteiger partial charge in [-0.25, -0.2) is 14.1 Å². The number of carboxylic acid groups (broad SMARTS) is 1. The lowest BCUT2D eigenvalue weighted by molar-refractivity contribution is -0.153. The van der Waals surface area contributed by atoms with Crippen LogP contribution < -0.4 is 22.1 Å². The van der Waals surface area contributed by atoms with Gasteiger partial charge in [0.05, 0.1) is 24.5 Å². The van der Waals surface area contributed by atoms with Gasteiger partial charge in [0.1, 0.15) is 17.8 Å². The van der Waals surface area contributed by atoms with E-state index in [1.165, 1.54) is 11.6 Å². The fourth-order valence-corrected chi connectivity index (χ4v) is 5.25. The molecule has 0 aromatic carbocycles. The van der Waals surface area contributed by atoms with Gasteiger partial charge in [-0.15, -0.1) is 11.3 Å². The number of thiazole rings is 1. The molecule has 3 unspecified atom stereocenters. The van der Waals surface area contributed by atoms with Crippen LogP contribution in [0, 0.1) is 0 Å². The predicted molar refractivity (Wildman–Crippen MR) is 138 cm³/mol. The Morgan fingerprint density at radius 2 is 2.12 bits per heavy atom. The molecule has 0 spiro atoms. The molecule has 0 radical (unpaired) electrons. The summed E-state index contributed by atoms with van der Waals surface area (Å²) in [7, 11) is -4.99. The first-order valence-electron chi connectivity index (χ1n) is 12.0. The van der Waals surface area contributed by atoms with E-state index in [9.17, 15) is 32.5 Å². The molecule has 8 N–H and O–H groups in total. The highest BCUT2D eigenvalue weighted by atomic mass is 32.2. The Balaban J connectivity index is 1.53. The van der Waals surface area contributed by atoms with E-state index < -0.39 is 51.5 Å². The van der Waals surface area contributed by atoms with E-state index in [4.69, 9.17) is 16.3 Å². The minimum atomic E-state index is -4.99. The molecule has 40 heavy (non-hydrogen) atoms. The standard InChI is InChI=1S/C20H28N10O8S2/c1-10(23-6-2-5-21)11-7-24-29(27-11)8-13-15(17(32)30(13)40(35,36)37)26-16(31)14(12-9-39-19(22)25-12)28-38-20(3-4-20)18(33)34/h7,9-10,13,15,23H,2-6,8,21H2,1H3,(H2,22,25)(H,26,31)(H,33,34)(H,35,36,37)/b28-14-. The number of β-lactam (4-membered cyclic amide) rings is 1. The van der Waals surface area contributed by atoms with Gasteiger partial charge in [-0.3, -0.25) is 14.1 Å². The number of aliphatic carboxylic acids is 1. The summed E-state index contributed by atoms with van der Waals surface area (Å²) in [5, 5.41) is 28.5. The molecule has 2 aromatic rings. The van der Waals surface area contributed by atoms with E-state index in [0.717, 1.165) is 22.6 Å². The molecule has 1 aliphatic carbocycles. The van der Waals surface area contributed by atoms with Gasteiger partial charge in [0.25, 0.3) is 11.8 Å². The lowest BCUT2D eigenvalue weighted by atomic mass is 9.98. The number of nitrogens with zero attached hydrogens (tertiary/aromatic N) is 6. The Morgan fingerprint density at radius 1 is 1.40 bits per heavy atom. The maximum atomic E-state index is 13.2. The fraction of sp³-hybridized carbons (Fsp3) is 0.550. The highest BCUT2D eigenvalue weighted by Gasteiger charge is 2.56. The lowest BCUT2D eigenvalue weighted by Crippen LogP contribution is -2.73. The van der Waals surface area contributed by atoms with Crippen LogP contribution in [0.25, 0.3) is 0 Å². The lowest BCUT2D eigenvalue weighted by Gasteiger charge is -2.43. The summed E-state index contributed by atoms with van der Waals surface area (Å²) in [6.07, 6.45) is 2.55. The zero-order chi connectivity index (χ0) is 29.2. The Labute approximate surface area is 231 Å². The average molecular weight is 601 g/mol. The number of carbonyl (C=O) groups excluding carboxylic acids is 2. The first-order chi connectivity index (χ1) is 18.9. The van der Waals surface area contributed by atoms with Crippen LogP contribution in [-0.2, 0) is 36.1 Å². The highest BCUT2D eigenvalue weighted by molar-refractivity contribution is 7.84. The van der Waals surface area contributed by atoms with E-state index in [2.05, 4.69) is 31.0 Å². The Kier molecular flexibility index (Phi) is 8.35. The number of carbonyl (C=O) groups is 3. The van der Waals surface area contributed by atoms with Crippen molar-refractivity contribution in [3.63, 3.8) is 0 Å². The molecule has 3 atom stereocenters. The smallest absolute Gasteiger partial charge is 0.362 e. The van der Waals surface area contributed by atoms with E-state index in [1.54, 1.807) is 0 Å². The third kappa shape index (κ3) is 6.20. The average Bonchev–Trinajstić information content (AvgIpc) is 3.32. The van der Waals surface area contributed by atoms with Crippen molar-refractivity contribution < 1.29 is 37.3 Å². The molecule has 20 heteroatoms. The van der Waals surface area contributed by atoms with Gasteiger partial charge < -0.3 is 32.0 Å². The van der Waals surface area contributed by atoms with Crippen LogP contribution in [0.1, 0.15) is 43.6 Å². The maximum Gasteiger partial charge on any atom is 0.362 e. The molecule has 4 rings (SSSR count). The highest BCUT2D eigenvalue weighted by Crippen LogP contribution is 2.40. The Bertz CT molecular complexity index is 1420. The molecular weight excluding hydrogens is 572 g/mol. The van der Waals surface area contributed by atoms with Gasteiger partial charge in [0, 0.05) is 18.2 Å². The molecule has 218 valence electrons. The monoisotopic (exact) mass is 600 g/mol. The molecular formula is C20H28N10O8S2. The van der Waals surface area contributed by atoms with Crippen LogP contribution in [0.3, 0.4) is 0 Å². The summed E-state index contributed by atoms with van der Waals surface area (Å²) in [4.78, 5) is 47.6. The van der Waals surface area contributed by atoms with Crippen molar-refractivity contribution in [3.8, 4) is 0 Å². The number of nitrogens with two attached hydrogens (primary N) is 2. The van der Waals surface area contributed by atoms with Gasteiger partial charge in [-0.05, 0) is 26.4 Å². The summed E-state index contributed by atoms with van der Waals surface area (Å²) in [6.45, 7) is 2.68. The topological polar surface area (TPSA) is 270 Å². The minimum Gasteiger partial charge on any atom is -0.478 e. The van der Waals surface area contributed by atoms with E-state index in [0.29, 0.717) is 18.8 Å². The van der Waals surface area contributed by atoms with E-state index in [1.807, 2.05) is 6.92 Å². The van der Waals surface area contributed by atoms with Crippen molar-refractivity contribution in [2.75, 3.05) is 18.8 Å². The molecule has 3 heterocycles. The second-order valence-corrected chi connectivity index (χ2v) is 11.4. The van der Waals surface area contributed by atoms with Crippen molar-refractivity contribution in [1.82, 2.24) is 34.9 Å². The number of nitrogen functional groups attached to an aromatic ring is 1. The van der Waals surface area contributed by atoms with Crippen LogP contribution in [0.5, 0.6) is 0 Å². The summed E-state index contributed by atoms with van der Waals surface area (Å²) in [5.41, 5.74) is 9.57. The Morgan fingerprint density at radius 3 is 2.70 bits per heavy atom. The van der Waals surface area contributed by atoms with Crippen molar-refractivity contribution in [3.05, 3.63) is 23.0 Å². The molecule has 1 saturated carbocycles. The van der Waals surface area contributed by atoms with Crippen LogP contribution >= 0.6 is 11.3 Å². The van der Waals surface area contributed by atoms with Gasteiger partial charge >= 0.3 is 16.3 Å². The number of hydrogen-bond acceptors (Lipinski definition) is 14. The van der Waals surface area contributed by atoms with E-state index in [-0.39, 0.29) is 40.6 Å². The normalized spacial score (nSPS) is 21.0. The molecule has 0 bridgehead atoms. The number of carboxylic acids is 1. The molecule has 2 aliphatic rings. The number of hydrogen-bond donors (Lipinski definition) is 6. The number of rotatable bonds is 14. The van der Waals surface area contributed by atoms with Gasteiger partial charge in [-0.1, -0.05) is 5.16 Å². The number of anilines is 1. The van der Waals surface area contributed by atoms with Crippen molar-refractivity contribution in [2.24, 2.45) is 10.9 Å². The van der Waals surface area contributed by atoms with Gasteiger partial charge in [0.2, 0.25) is 5.60 Å². The zero-order valence-electron chi connectivity index (χ0n) is 21.1. The third-order valence-electron chi connectivity index (χ3n) is 6.27. The molecule has 1 aliphatic heterocycles. The van der Waals surface area contributed by atoms with Crippen LogP contribution in [-0.4, -0.2) is 96.6 Å². The SMILES string of the molecule is CC(NCCCN)c1cnn(CC2C(NC(=O)/C(=N\OC3(C(=O)O)CC3)c3csc(N)n3)C(=O)N2S(=O)(=O)O)n1. The molecule has 18 nitrogen and oxygen atoms in total. The van der Waals surface area contributed by atoms with Crippen molar-refractivity contribution >= 4 is 50.3 Å². The number of amides is 2. The molecule has 1 saturated heterocycles. The summed E-state index contributed by atoms with van der Waals surface area (Å²) >= 11 is 0.976. The number of nitrogens with one attached hydrogen (secondary N) is 2. The predicted octanol–water partition coefficient (Wildman–Crippen LogP) is -2.15. The largest absolute Gasteiger partial charge is 0.478 e. The van der Waals surface area contributed by atoms with Crippen molar-refractivity contribution in [1.29, 1.82) is 0 Å². The first kappa shape index (κ1) is 29.3. The van der Waals surface area contributed by atoms with Crippen LogP contribution in [0.15, 0.2) is 16.7 Å². The second-order valence-electron chi connectivity index (χ2n) is 9.17. The molecule has 2 aromatic heterocycles. The van der Waals surface area contributed by atoms with Crippen molar-refractivity contribution in [2.45, 2.75) is 56.5 Å².